The Hall–Kier alpha value is -3.65. The summed E-state index contributed by atoms with van der Waals surface area (Å²) in [6.45, 7) is 7.15. The van der Waals surface area contributed by atoms with Crippen LogP contribution in [-0.2, 0) is 14.8 Å². The van der Waals surface area contributed by atoms with Crippen molar-refractivity contribution in [2.75, 3.05) is 25.1 Å². The minimum absolute atomic E-state index is 0.0378. The second-order valence-electron chi connectivity index (χ2n) is 8.33. The largest absolute Gasteiger partial charge is 0.497 e. The van der Waals surface area contributed by atoms with Gasteiger partial charge in [-0.3, -0.25) is 9.10 Å². The average molecular weight is 496 g/mol. The van der Waals surface area contributed by atoms with Crippen molar-refractivity contribution in [1.82, 2.24) is 0 Å². The van der Waals surface area contributed by atoms with Gasteiger partial charge in [-0.05, 0) is 92.4 Å². The van der Waals surface area contributed by atoms with Gasteiger partial charge in [-0.15, -0.1) is 0 Å². The third-order valence-electron chi connectivity index (χ3n) is 6.14. The molecule has 0 aromatic heterocycles. The number of anilines is 1. The fourth-order valence-electron chi connectivity index (χ4n) is 3.79. The van der Waals surface area contributed by atoms with Gasteiger partial charge in [-0.1, -0.05) is 12.1 Å². The number of benzene rings is 3. The quantitative estimate of drug-likeness (QED) is 0.330. The Labute approximate surface area is 206 Å². The van der Waals surface area contributed by atoms with Crippen molar-refractivity contribution in [3.63, 3.8) is 0 Å². The van der Waals surface area contributed by atoms with E-state index in [9.17, 15) is 18.0 Å². The highest BCUT2D eigenvalue weighted by Crippen LogP contribution is 2.25. The molecule has 0 unspecified atom stereocenters. The van der Waals surface area contributed by atoms with Crippen LogP contribution < -0.4 is 9.04 Å². The molecule has 0 spiro atoms. The molecule has 0 saturated heterocycles. The molecule has 0 aliphatic carbocycles. The molecule has 3 rings (SSSR count). The molecule has 0 amide bonds. The standard InChI is InChI=1S/C27H29NO6S/c1-17-14-18(2)20(4)26(19(17)3)25(29)16-34-27(30)21-8-7-9-24(15-21)35(31,32)28(5)22-10-12-23(33-6)13-11-22/h7-15H,16H2,1-6H3. The van der Waals surface area contributed by atoms with Gasteiger partial charge in [0.15, 0.2) is 6.61 Å². The number of Topliss-reactive ketones (excluding diaryl/α,β-unsaturated/α-hetero) is 1. The normalized spacial score (nSPS) is 11.1. The smallest absolute Gasteiger partial charge is 0.338 e. The van der Waals surface area contributed by atoms with E-state index in [4.69, 9.17) is 9.47 Å². The second kappa shape index (κ2) is 10.3. The number of ether oxygens (including phenoxy) is 2. The molecule has 0 aliphatic heterocycles. The van der Waals surface area contributed by atoms with Crippen molar-refractivity contribution in [1.29, 1.82) is 0 Å². The summed E-state index contributed by atoms with van der Waals surface area (Å²) in [7, 11) is -0.993. The molecule has 7 nitrogen and oxygen atoms in total. The summed E-state index contributed by atoms with van der Waals surface area (Å²) in [4.78, 5) is 25.5. The maximum atomic E-state index is 13.1. The van der Waals surface area contributed by atoms with E-state index in [2.05, 4.69) is 0 Å². The fourth-order valence-corrected chi connectivity index (χ4v) is 5.04. The average Bonchev–Trinajstić information content (AvgIpc) is 2.85. The first-order chi connectivity index (χ1) is 16.5. The van der Waals surface area contributed by atoms with Gasteiger partial charge < -0.3 is 9.47 Å². The van der Waals surface area contributed by atoms with E-state index in [1.807, 2.05) is 33.8 Å². The summed E-state index contributed by atoms with van der Waals surface area (Å²) in [5.41, 5.74) is 4.70. The molecule has 0 fully saturated rings. The first kappa shape index (κ1) is 26.0. The van der Waals surface area contributed by atoms with Gasteiger partial charge in [0.05, 0.1) is 23.3 Å². The number of hydrogen-bond donors (Lipinski definition) is 0. The second-order valence-corrected chi connectivity index (χ2v) is 10.3. The number of ketones is 1. The number of sulfonamides is 1. The molecule has 0 radical (unpaired) electrons. The third-order valence-corrected chi connectivity index (χ3v) is 7.92. The Morgan fingerprint density at radius 1 is 0.886 bits per heavy atom. The minimum Gasteiger partial charge on any atom is -0.497 e. The molecular formula is C27H29NO6S. The van der Waals surface area contributed by atoms with Crippen molar-refractivity contribution in [2.45, 2.75) is 32.6 Å². The van der Waals surface area contributed by atoms with Crippen molar-refractivity contribution in [2.24, 2.45) is 0 Å². The van der Waals surface area contributed by atoms with Crippen LogP contribution in [0.4, 0.5) is 5.69 Å². The predicted octanol–water partition coefficient (Wildman–Crippen LogP) is 4.79. The number of rotatable bonds is 8. The van der Waals surface area contributed by atoms with Gasteiger partial charge in [-0.25, -0.2) is 13.2 Å². The van der Waals surface area contributed by atoms with Gasteiger partial charge in [0.25, 0.3) is 10.0 Å². The highest BCUT2D eigenvalue weighted by molar-refractivity contribution is 7.92. The molecule has 0 atom stereocenters. The zero-order valence-electron chi connectivity index (χ0n) is 20.7. The number of carbonyl (C=O) groups excluding carboxylic acids is 2. The molecular weight excluding hydrogens is 466 g/mol. The molecule has 0 N–H and O–H groups in total. The number of esters is 1. The topological polar surface area (TPSA) is 90.0 Å². The lowest BCUT2D eigenvalue weighted by atomic mass is 9.92. The number of aryl methyl sites for hydroxylation is 2. The lowest BCUT2D eigenvalue weighted by molar-refractivity contribution is 0.0474. The SMILES string of the molecule is COc1ccc(N(C)S(=O)(=O)c2cccc(C(=O)OCC(=O)c3c(C)c(C)cc(C)c3C)c2)cc1. The van der Waals surface area contributed by atoms with Gasteiger partial charge >= 0.3 is 5.97 Å². The zero-order valence-corrected chi connectivity index (χ0v) is 21.5. The Bertz CT molecular complexity index is 1350. The van der Waals surface area contributed by atoms with Crippen LogP contribution >= 0.6 is 0 Å². The number of nitrogens with zero attached hydrogens (tertiary/aromatic N) is 1. The van der Waals surface area contributed by atoms with Crippen LogP contribution in [0.15, 0.2) is 59.5 Å². The van der Waals surface area contributed by atoms with Gasteiger partial charge in [0.1, 0.15) is 5.75 Å². The summed E-state index contributed by atoms with van der Waals surface area (Å²) in [5.74, 6) is -0.476. The lowest BCUT2D eigenvalue weighted by Crippen LogP contribution is -2.26. The van der Waals surface area contributed by atoms with Crippen LogP contribution in [0.1, 0.15) is 43.0 Å². The first-order valence-corrected chi connectivity index (χ1v) is 12.4. The maximum Gasteiger partial charge on any atom is 0.338 e. The van der Waals surface area contributed by atoms with E-state index in [-0.39, 0.29) is 16.2 Å². The van der Waals surface area contributed by atoms with Crippen LogP contribution in [0.5, 0.6) is 5.75 Å². The molecule has 0 bridgehead atoms. The summed E-state index contributed by atoms with van der Waals surface area (Å²) < 4.78 is 37.8. The van der Waals surface area contributed by atoms with Crippen LogP contribution in [0.3, 0.4) is 0 Å². The highest BCUT2D eigenvalue weighted by atomic mass is 32.2. The Balaban J connectivity index is 1.78. The van der Waals surface area contributed by atoms with Crippen LogP contribution in [-0.4, -0.2) is 40.9 Å². The molecule has 0 aliphatic rings. The van der Waals surface area contributed by atoms with E-state index >= 15 is 0 Å². The zero-order chi connectivity index (χ0) is 25.9. The van der Waals surface area contributed by atoms with Gasteiger partial charge in [0, 0.05) is 12.6 Å². The summed E-state index contributed by atoms with van der Waals surface area (Å²) >= 11 is 0. The van der Waals surface area contributed by atoms with E-state index in [0.717, 1.165) is 26.6 Å². The monoisotopic (exact) mass is 495 g/mol. The summed E-state index contributed by atoms with van der Waals surface area (Å²) in [5, 5.41) is 0. The van der Waals surface area contributed by atoms with Crippen molar-refractivity contribution >= 4 is 27.5 Å². The maximum absolute atomic E-state index is 13.1. The van der Waals surface area contributed by atoms with E-state index in [0.29, 0.717) is 17.0 Å². The van der Waals surface area contributed by atoms with Crippen molar-refractivity contribution in [3.8, 4) is 5.75 Å². The number of methoxy groups -OCH3 is 1. The van der Waals surface area contributed by atoms with Crippen LogP contribution in [0, 0.1) is 27.7 Å². The lowest BCUT2D eigenvalue weighted by Gasteiger charge is -2.20. The summed E-state index contributed by atoms with van der Waals surface area (Å²) in [6, 6.07) is 14.1. The minimum atomic E-state index is -3.94. The highest BCUT2D eigenvalue weighted by Gasteiger charge is 2.24. The van der Waals surface area contributed by atoms with Crippen molar-refractivity contribution in [3.05, 3.63) is 88.0 Å². The van der Waals surface area contributed by atoms with Crippen molar-refractivity contribution < 1.29 is 27.5 Å². The van der Waals surface area contributed by atoms with E-state index in [1.54, 1.807) is 24.3 Å². The van der Waals surface area contributed by atoms with E-state index < -0.39 is 22.6 Å². The molecule has 0 heterocycles. The summed E-state index contributed by atoms with van der Waals surface area (Å²) in [6.07, 6.45) is 0. The predicted molar refractivity (Wildman–Crippen MR) is 135 cm³/mol. The molecule has 184 valence electrons. The Morgan fingerprint density at radius 3 is 2.06 bits per heavy atom. The molecule has 35 heavy (non-hydrogen) atoms. The molecule has 3 aromatic carbocycles. The number of carbonyl (C=O) groups is 2. The number of hydrogen-bond acceptors (Lipinski definition) is 6. The molecule has 3 aromatic rings. The first-order valence-electron chi connectivity index (χ1n) is 11.0. The van der Waals surface area contributed by atoms with Gasteiger partial charge in [0.2, 0.25) is 5.78 Å². The van der Waals surface area contributed by atoms with Crippen LogP contribution in [0.2, 0.25) is 0 Å². The molecule has 8 heteroatoms. The fraction of sp³-hybridized carbons (Fsp3) is 0.259. The molecule has 0 saturated carbocycles. The van der Waals surface area contributed by atoms with Crippen LogP contribution in [0.25, 0.3) is 0 Å². The van der Waals surface area contributed by atoms with E-state index in [1.165, 1.54) is 38.4 Å². The Morgan fingerprint density at radius 2 is 1.49 bits per heavy atom. The third kappa shape index (κ3) is 5.38. The Kier molecular flexibility index (Phi) is 7.65. The van der Waals surface area contributed by atoms with Gasteiger partial charge in [-0.2, -0.15) is 0 Å².